The maximum atomic E-state index is 13.9. The Hall–Kier alpha value is -2.42. The Bertz CT molecular complexity index is 1190. The Labute approximate surface area is 231 Å². The zero-order valence-electron chi connectivity index (χ0n) is 22.1. The van der Waals surface area contributed by atoms with Crippen molar-refractivity contribution in [1.29, 1.82) is 0 Å². The summed E-state index contributed by atoms with van der Waals surface area (Å²) in [5, 5.41) is 0. The molecule has 0 saturated heterocycles. The molecular formula is C26H26F12O4. The van der Waals surface area contributed by atoms with Crippen LogP contribution in [0.25, 0.3) is 0 Å². The maximum Gasteiger partial charge on any atom is 0.465 e. The van der Waals surface area contributed by atoms with Crippen LogP contribution in [0.15, 0.2) is 23.5 Å². The van der Waals surface area contributed by atoms with Crippen molar-refractivity contribution in [3.05, 3.63) is 23.5 Å². The Morgan fingerprint density at radius 3 is 1.98 bits per heavy atom. The first-order chi connectivity index (χ1) is 18.9. The Kier molecular flexibility index (Phi) is 7.58. The minimum absolute atomic E-state index is 0.0511. The van der Waals surface area contributed by atoms with Crippen molar-refractivity contribution in [3.8, 4) is 0 Å². The van der Waals surface area contributed by atoms with Crippen LogP contribution in [0.4, 0.5) is 52.7 Å². The van der Waals surface area contributed by atoms with E-state index in [0.717, 1.165) is 0 Å². The van der Waals surface area contributed by atoms with E-state index in [9.17, 15) is 62.3 Å². The average Bonchev–Trinajstić information content (AvgIpc) is 3.18. The first-order valence-corrected chi connectivity index (χ1v) is 13.0. The van der Waals surface area contributed by atoms with Crippen LogP contribution in [-0.4, -0.2) is 48.2 Å². The van der Waals surface area contributed by atoms with Crippen LogP contribution in [-0.2, 0) is 19.1 Å². The fourth-order valence-electron chi connectivity index (χ4n) is 7.33. The zero-order chi connectivity index (χ0) is 31.9. The summed E-state index contributed by atoms with van der Waals surface area (Å²) in [6.07, 6.45) is -10.0. The molecule has 4 aliphatic rings. The molecule has 0 spiro atoms. The normalized spacial score (nSPS) is 34.0. The molecule has 6 atom stereocenters. The van der Waals surface area contributed by atoms with Gasteiger partial charge >= 0.3 is 42.1 Å². The molecule has 0 aromatic heterocycles. The molecule has 0 radical (unpaired) electrons. The fourth-order valence-corrected chi connectivity index (χ4v) is 7.33. The third-order valence-electron chi connectivity index (χ3n) is 9.74. The molecule has 0 aromatic rings. The van der Waals surface area contributed by atoms with Gasteiger partial charge in [-0.05, 0) is 73.3 Å². The van der Waals surface area contributed by atoms with Crippen molar-refractivity contribution in [3.63, 3.8) is 0 Å². The van der Waals surface area contributed by atoms with Gasteiger partial charge in [-0.25, -0.2) is 9.59 Å². The van der Waals surface area contributed by atoms with E-state index >= 15 is 0 Å². The van der Waals surface area contributed by atoms with Crippen LogP contribution >= 0.6 is 0 Å². The van der Waals surface area contributed by atoms with Crippen LogP contribution in [0.1, 0.15) is 58.8 Å². The lowest BCUT2D eigenvalue weighted by Crippen LogP contribution is -2.58. The predicted molar refractivity (Wildman–Crippen MR) is 118 cm³/mol. The minimum Gasteiger partial charge on any atom is -0.457 e. The third kappa shape index (κ3) is 4.78. The van der Waals surface area contributed by atoms with Gasteiger partial charge in [0.2, 0.25) is 0 Å². The van der Waals surface area contributed by atoms with E-state index in [1.807, 2.05) is 6.92 Å². The smallest absolute Gasteiger partial charge is 0.457 e. The summed E-state index contributed by atoms with van der Waals surface area (Å²) in [6, 6.07) is 0. The molecule has 0 unspecified atom stereocenters. The largest absolute Gasteiger partial charge is 0.465 e. The molecule has 0 amide bonds. The Balaban J connectivity index is 1.51. The second-order valence-electron chi connectivity index (χ2n) is 11.9. The van der Waals surface area contributed by atoms with E-state index in [0.29, 0.717) is 24.8 Å². The van der Waals surface area contributed by atoms with Crippen LogP contribution in [0.2, 0.25) is 0 Å². The summed E-state index contributed by atoms with van der Waals surface area (Å²) >= 11 is 0. The molecule has 4 nitrogen and oxygen atoms in total. The van der Waals surface area contributed by atoms with Gasteiger partial charge in [0.15, 0.2) is 0 Å². The molecule has 0 heterocycles. The highest BCUT2D eigenvalue weighted by Gasteiger charge is 2.77. The van der Waals surface area contributed by atoms with Gasteiger partial charge in [-0.1, -0.05) is 19.9 Å². The molecule has 0 N–H and O–H groups in total. The van der Waals surface area contributed by atoms with E-state index in [1.165, 1.54) is 6.08 Å². The van der Waals surface area contributed by atoms with E-state index in [1.54, 1.807) is 13.0 Å². The van der Waals surface area contributed by atoms with E-state index in [2.05, 4.69) is 9.47 Å². The molecule has 238 valence electrons. The Morgan fingerprint density at radius 1 is 0.786 bits per heavy atom. The van der Waals surface area contributed by atoms with Gasteiger partial charge in [0.05, 0.1) is 0 Å². The number of rotatable bonds is 5. The third-order valence-corrected chi connectivity index (χ3v) is 9.74. The standard InChI is InChI=1S/C26H26F12O4/c1-20-9-7-13(41-19(40)23(29,30)25(33,34)35)11-12(20)3-4-14-15-5-6-17(21(15,2)10-8-16(14)20)42-18(39)22(27,28)24(31,32)26(36,37)38/h3,11,14-17H,4-10H2,1-2H3/t14-,15-,16-,17-,20-,21-/m0/s1. The van der Waals surface area contributed by atoms with Gasteiger partial charge in [0.1, 0.15) is 11.9 Å². The molecule has 42 heavy (non-hydrogen) atoms. The number of hydrogen-bond donors (Lipinski definition) is 0. The number of allylic oxidation sites excluding steroid dienone is 4. The number of hydrogen-bond acceptors (Lipinski definition) is 4. The van der Waals surface area contributed by atoms with Crippen LogP contribution in [0.5, 0.6) is 0 Å². The van der Waals surface area contributed by atoms with Crippen LogP contribution in [0, 0.1) is 28.6 Å². The van der Waals surface area contributed by atoms with Crippen LogP contribution in [0.3, 0.4) is 0 Å². The second kappa shape index (κ2) is 9.80. The quantitative estimate of drug-likeness (QED) is 0.229. The highest BCUT2D eigenvalue weighted by molar-refractivity contribution is 5.80. The van der Waals surface area contributed by atoms with Gasteiger partial charge in [0.25, 0.3) is 0 Å². The summed E-state index contributed by atoms with van der Waals surface area (Å²) in [7, 11) is 0. The average molecular weight is 630 g/mol. The molecule has 4 aliphatic carbocycles. The fraction of sp³-hybridized carbons (Fsp3) is 0.769. The van der Waals surface area contributed by atoms with Crippen molar-refractivity contribution in [2.75, 3.05) is 0 Å². The van der Waals surface area contributed by atoms with E-state index < -0.39 is 59.0 Å². The predicted octanol–water partition coefficient (Wildman–Crippen LogP) is 7.93. The van der Waals surface area contributed by atoms with Crippen molar-refractivity contribution in [2.45, 2.75) is 95.0 Å². The SMILES string of the molecule is C[C@]12CC[C@H]3[C@@H](CC=C4C=C(OC(=O)C(F)(F)C(F)(F)F)CC[C@@]43C)[C@@H]1CC[C@@H]2OC(=O)C(F)(F)C(F)(F)C(F)(F)F. The number of ether oxygens (including phenoxy) is 2. The van der Waals surface area contributed by atoms with Crippen molar-refractivity contribution in [2.24, 2.45) is 28.6 Å². The molecule has 2 fully saturated rings. The lowest BCUT2D eigenvalue weighted by atomic mass is 9.48. The summed E-state index contributed by atoms with van der Waals surface area (Å²) in [6.45, 7) is 3.43. The Morgan fingerprint density at radius 2 is 1.40 bits per heavy atom. The molecular weight excluding hydrogens is 604 g/mol. The van der Waals surface area contributed by atoms with Crippen molar-refractivity contribution >= 4 is 11.9 Å². The lowest BCUT2D eigenvalue weighted by molar-refractivity contribution is -0.349. The molecule has 0 bridgehead atoms. The van der Waals surface area contributed by atoms with Gasteiger partial charge in [0, 0.05) is 11.8 Å². The molecule has 0 aromatic carbocycles. The zero-order valence-corrected chi connectivity index (χ0v) is 22.1. The lowest BCUT2D eigenvalue weighted by Gasteiger charge is -2.56. The number of esters is 2. The van der Waals surface area contributed by atoms with Gasteiger partial charge in [-0.15, -0.1) is 0 Å². The summed E-state index contributed by atoms with van der Waals surface area (Å²) < 4.78 is 166. The van der Waals surface area contributed by atoms with Gasteiger partial charge in [-0.2, -0.15) is 52.7 Å². The molecule has 2 saturated carbocycles. The highest BCUT2D eigenvalue weighted by Crippen LogP contribution is 2.65. The molecule has 4 rings (SSSR count). The highest BCUT2D eigenvalue weighted by atomic mass is 19.4. The monoisotopic (exact) mass is 630 g/mol. The van der Waals surface area contributed by atoms with Gasteiger partial charge < -0.3 is 9.47 Å². The number of fused-ring (bicyclic) bond motifs is 5. The van der Waals surface area contributed by atoms with E-state index in [-0.39, 0.29) is 49.2 Å². The second-order valence-corrected chi connectivity index (χ2v) is 11.9. The first kappa shape index (κ1) is 32.5. The van der Waals surface area contributed by atoms with Crippen LogP contribution < -0.4 is 0 Å². The van der Waals surface area contributed by atoms with Crippen molar-refractivity contribution in [1.82, 2.24) is 0 Å². The summed E-state index contributed by atoms with van der Waals surface area (Å²) in [5.74, 6) is -25.2. The maximum absolute atomic E-state index is 13.9. The van der Waals surface area contributed by atoms with Crippen molar-refractivity contribution < 1.29 is 71.7 Å². The topological polar surface area (TPSA) is 52.6 Å². The minimum atomic E-state index is -6.69. The number of halogens is 12. The number of carbonyl (C=O) groups is 2. The summed E-state index contributed by atoms with van der Waals surface area (Å²) in [5.41, 5.74) is -1.12. The van der Waals surface area contributed by atoms with Gasteiger partial charge in [-0.3, -0.25) is 0 Å². The molecule has 0 aliphatic heterocycles. The van der Waals surface area contributed by atoms with E-state index in [4.69, 9.17) is 0 Å². The first-order valence-electron chi connectivity index (χ1n) is 13.0. The number of carbonyl (C=O) groups excluding carboxylic acids is 2. The summed E-state index contributed by atoms with van der Waals surface area (Å²) in [4.78, 5) is 23.5. The molecule has 16 heteroatoms. The number of alkyl halides is 12.